The molecular formula is C13H20BrN3. The molecule has 1 aliphatic rings. The van der Waals surface area contributed by atoms with E-state index in [9.17, 15) is 0 Å². The van der Waals surface area contributed by atoms with E-state index in [2.05, 4.69) is 63.6 Å². The van der Waals surface area contributed by atoms with Crippen LogP contribution in [-0.2, 0) is 0 Å². The lowest BCUT2D eigenvalue weighted by atomic mass is 10.2. The molecule has 0 saturated carbocycles. The van der Waals surface area contributed by atoms with E-state index in [-0.39, 0.29) is 0 Å². The van der Waals surface area contributed by atoms with Gasteiger partial charge in [0, 0.05) is 42.4 Å². The molecule has 0 bridgehead atoms. The fourth-order valence-corrected chi connectivity index (χ4v) is 2.76. The minimum atomic E-state index is 0.530. The van der Waals surface area contributed by atoms with E-state index in [1.165, 1.54) is 11.3 Å². The largest absolute Gasteiger partial charge is 0.383 e. The van der Waals surface area contributed by atoms with Crippen LogP contribution in [0.25, 0.3) is 0 Å². The molecule has 3 nitrogen and oxygen atoms in total. The lowest BCUT2D eigenvalue weighted by Gasteiger charge is -2.31. The van der Waals surface area contributed by atoms with Gasteiger partial charge in [-0.2, -0.15) is 0 Å². The highest BCUT2D eigenvalue weighted by atomic mass is 79.9. The molecule has 0 amide bonds. The zero-order valence-electron chi connectivity index (χ0n) is 10.5. The van der Waals surface area contributed by atoms with Crippen molar-refractivity contribution in [3.05, 3.63) is 28.2 Å². The highest BCUT2D eigenvalue weighted by Crippen LogP contribution is 2.23. The van der Waals surface area contributed by atoms with Crippen LogP contribution in [0.2, 0.25) is 0 Å². The monoisotopic (exact) mass is 297 g/mol. The molecule has 0 aliphatic carbocycles. The van der Waals surface area contributed by atoms with Gasteiger partial charge >= 0.3 is 0 Å². The second kappa shape index (κ2) is 5.85. The third-order valence-corrected chi connectivity index (χ3v) is 3.78. The molecule has 1 saturated heterocycles. The van der Waals surface area contributed by atoms with Crippen LogP contribution in [0.4, 0.5) is 5.69 Å². The fourth-order valence-electron chi connectivity index (χ4n) is 2.12. The van der Waals surface area contributed by atoms with E-state index < -0.39 is 0 Å². The number of piperazine rings is 1. The molecule has 1 atom stereocenters. The van der Waals surface area contributed by atoms with Crippen molar-refractivity contribution in [1.29, 1.82) is 0 Å². The molecular weight excluding hydrogens is 278 g/mol. The third kappa shape index (κ3) is 3.69. The van der Waals surface area contributed by atoms with Crippen LogP contribution in [0.15, 0.2) is 22.7 Å². The summed E-state index contributed by atoms with van der Waals surface area (Å²) < 4.78 is 1.14. The van der Waals surface area contributed by atoms with E-state index in [0.717, 1.165) is 30.7 Å². The predicted molar refractivity (Wildman–Crippen MR) is 76.7 cm³/mol. The molecule has 1 fully saturated rings. The third-order valence-electron chi connectivity index (χ3n) is 3.12. The van der Waals surface area contributed by atoms with Gasteiger partial charge in [0.15, 0.2) is 0 Å². The van der Waals surface area contributed by atoms with Crippen molar-refractivity contribution in [2.75, 3.05) is 38.5 Å². The van der Waals surface area contributed by atoms with Gasteiger partial charge in [-0.05, 0) is 47.6 Å². The molecule has 1 aromatic carbocycles. The molecule has 2 N–H and O–H groups in total. The first kappa shape index (κ1) is 12.9. The number of anilines is 1. The van der Waals surface area contributed by atoms with Crippen molar-refractivity contribution in [1.82, 2.24) is 10.2 Å². The van der Waals surface area contributed by atoms with Crippen LogP contribution >= 0.6 is 15.9 Å². The van der Waals surface area contributed by atoms with Gasteiger partial charge in [0.05, 0.1) is 0 Å². The second-order valence-corrected chi connectivity index (χ2v) is 5.63. The van der Waals surface area contributed by atoms with Crippen molar-refractivity contribution in [2.24, 2.45) is 0 Å². The van der Waals surface area contributed by atoms with Crippen molar-refractivity contribution in [2.45, 2.75) is 13.0 Å². The Kier molecular flexibility index (Phi) is 4.42. The second-order valence-electron chi connectivity index (χ2n) is 4.78. The molecule has 94 valence electrons. The van der Waals surface area contributed by atoms with Crippen LogP contribution in [0.1, 0.15) is 5.56 Å². The summed E-state index contributed by atoms with van der Waals surface area (Å²) in [6.07, 6.45) is 0. The number of nitrogens with one attached hydrogen (secondary N) is 2. The van der Waals surface area contributed by atoms with Gasteiger partial charge in [-0.25, -0.2) is 0 Å². The summed E-state index contributed by atoms with van der Waals surface area (Å²) in [4.78, 5) is 2.37. The summed E-state index contributed by atoms with van der Waals surface area (Å²) in [5.41, 5.74) is 2.45. The maximum absolute atomic E-state index is 3.59. The number of aryl methyl sites for hydroxylation is 1. The quantitative estimate of drug-likeness (QED) is 0.894. The summed E-state index contributed by atoms with van der Waals surface area (Å²) in [7, 11) is 2.18. The molecule has 17 heavy (non-hydrogen) atoms. The highest BCUT2D eigenvalue weighted by Gasteiger charge is 2.15. The molecule has 4 heteroatoms. The minimum Gasteiger partial charge on any atom is -0.383 e. The van der Waals surface area contributed by atoms with Crippen LogP contribution in [0, 0.1) is 6.92 Å². The summed E-state index contributed by atoms with van der Waals surface area (Å²) in [5, 5.41) is 7.03. The van der Waals surface area contributed by atoms with E-state index in [1.54, 1.807) is 0 Å². The zero-order chi connectivity index (χ0) is 12.3. The lowest BCUT2D eigenvalue weighted by Crippen LogP contribution is -2.51. The van der Waals surface area contributed by atoms with E-state index in [4.69, 9.17) is 0 Å². The zero-order valence-corrected chi connectivity index (χ0v) is 12.0. The Morgan fingerprint density at radius 2 is 2.35 bits per heavy atom. The average Bonchev–Trinajstić information content (AvgIpc) is 2.28. The summed E-state index contributed by atoms with van der Waals surface area (Å²) in [6, 6.07) is 6.93. The Balaban J connectivity index is 1.88. The number of likely N-dealkylation sites (N-methyl/N-ethyl adjacent to an activating group) is 1. The van der Waals surface area contributed by atoms with Gasteiger partial charge in [-0.15, -0.1) is 0 Å². The first-order valence-electron chi connectivity index (χ1n) is 6.07. The summed E-state index contributed by atoms with van der Waals surface area (Å²) in [6.45, 7) is 6.40. The first-order chi connectivity index (χ1) is 8.15. The number of halogens is 1. The van der Waals surface area contributed by atoms with Crippen molar-refractivity contribution >= 4 is 21.6 Å². The SMILES string of the molecule is Cc1ccc(NCC2CN(C)CCN2)c(Br)c1. The predicted octanol–water partition coefficient (Wildman–Crippen LogP) is 2.07. The first-order valence-corrected chi connectivity index (χ1v) is 6.86. The van der Waals surface area contributed by atoms with Gasteiger partial charge in [0.2, 0.25) is 0 Å². The van der Waals surface area contributed by atoms with Crippen LogP contribution in [0.3, 0.4) is 0 Å². The maximum atomic E-state index is 3.59. The molecule has 1 heterocycles. The van der Waals surface area contributed by atoms with Gasteiger partial charge in [0.1, 0.15) is 0 Å². The number of benzene rings is 1. The maximum Gasteiger partial charge on any atom is 0.0485 e. The van der Waals surface area contributed by atoms with Crippen molar-refractivity contribution < 1.29 is 0 Å². The van der Waals surface area contributed by atoms with E-state index in [0.29, 0.717) is 6.04 Å². The summed E-state index contributed by atoms with van der Waals surface area (Å²) >= 11 is 3.59. The molecule has 1 aliphatic heterocycles. The Bertz CT molecular complexity index is 381. The molecule has 0 radical (unpaired) electrons. The number of rotatable bonds is 3. The number of hydrogen-bond acceptors (Lipinski definition) is 3. The highest BCUT2D eigenvalue weighted by molar-refractivity contribution is 9.10. The number of hydrogen-bond donors (Lipinski definition) is 2. The van der Waals surface area contributed by atoms with Crippen LogP contribution in [-0.4, -0.2) is 44.2 Å². The van der Waals surface area contributed by atoms with Crippen molar-refractivity contribution in [3.8, 4) is 0 Å². The van der Waals surface area contributed by atoms with Gasteiger partial charge in [-0.1, -0.05) is 6.07 Å². The molecule has 0 aromatic heterocycles. The topological polar surface area (TPSA) is 27.3 Å². The Morgan fingerprint density at radius 3 is 3.06 bits per heavy atom. The van der Waals surface area contributed by atoms with Crippen molar-refractivity contribution in [3.63, 3.8) is 0 Å². The Hall–Kier alpha value is -0.580. The van der Waals surface area contributed by atoms with E-state index >= 15 is 0 Å². The Morgan fingerprint density at radius 1 is 1.53 bits per heavy atom. The molecule has 1 unspecified atom stereocenters. The minimum absolute atomic E-state index is 0.530. The molecule has 2 rings (SSSR count). The fraction of sp³-hybridized carbons (Fsp3) is 0.538. The smallest absolute Gasteiger partial charge is 0.0485 e. The Labute approximate surface area is 112 Å². The standard InChI is InChI=1S/C13H20BrN3/c1-10-3-4-13(12(14)7-10)16-8-11-9-17(2)6-5-15-11/h3-4,7,11,15-16H,5-6,8-9H2,1-2H3. The molecule has 0 spiro atoms. The lowest BCUT2D eigenvalue weighted by molar-refractivity contribution is 0.244. The van der Waals surface area contributed by atoms with Gasteiger partial charge in [0.25, 0.3) is 0 Å². The van der Waals surface area contributed by atoms with Crippen LogP contribution in [0.5, 0.6) is 0 Å². The number of nitrogens with zero attached hydrogens (tertiary/aromatic N) is 1. The average molecular weight is 298 g/mol. The molecule has 1 aromatic rings. The van der Waals surface area contributed by atoms with Crippen LogP contribution < -0.4 is 10.6 Å². The van der Waals surface area contributed by atoms with Gasteiger partial charge < -0.3 is 15.5 Å². The summed E-state index contributed by atoms with van der Waals surface area (Å²) in [5.74, 6) is 0. The van der Waals surface area contributed by atoms with E-state index in [1.807, 2.05) is 0 Å². The van der Waals surface area contributed by atoms with Gasteiger partial charge in [-0.3, -0.25) is 0 Å². The normalized spacial score (nSPS) is 21.5.